The van der Waals surface area contributed by atoms with Gasteiger partial charge >= 0.3 is 0 Å². The van der Waals surface area contributed by atoms with E-state index >= 15 is 0 Å². The molecule has 6 aromatic heterocycles. The lowest BCUT2D eigenvalue weighted by Gasteiger charge is -2.24. The van der Waals surface area contributed by atoms with Crippen LogP contribution in [0.25, 0.3) is 55.3 Å². The third-order valence-electron chi connectivity index (χ3n) is 6.85. The molecule has 1 amide bonds. The summed E-state index contributed by atoms with van der Waals surface area (Å²) in [5.74, 6) is 0.789. The molecule has 37 heavy (non-hydrogen) atoms. The second-order valence-electron chi connectivity index (χ2n) is 9.32. The van der Waals surface area contributed by atoms with Crippen molar-refractivity contribution in [3.8, 4) is 33.1 Å². The van der Waals surface area contributed by atoms with Gasteiger partial charge in [0.05, 0.1) is 17.3 Å². The van der Waals surface area contributed by atoms with Gasteiger partial charge in [0.15, 0.2) is 17.1 Å². The van der Waals surface area contributed by atoms with E-state index in [1.165, 1.54) is 4.88 Å². The summed E-state index contributed by atoms with van der Waals surface area (Å²) in [6, 6.07) is 10.1. The fourth-order valence-corrected chi connectivity index (χ4v) is 5.52. The number of aryl methyl sites for hydroxylation is 1. The number of imidazole rings is 1. The van der Waals surface area contributed by atoms with Crippen LogP contribution in [0, 0.1) is 12.8 Å². The summed E-state index contributed by atoms with van der Waals surface area (Å²) in [4.78, 5) is 36.4. The number of aromatic nitrogens is 7. The highest BCUT2D eigenvalue weighted by Crippen LogP contribution is 2.35. The van der Waals surface area contributed by atoms with Crippen molar-refractivity contribution in [3.63, 3.8) is 0 Å². The molecule has 3 N–H and O–H groups in total. The highest BCUT2D eigenvalue weighted by molar-refractivity contribution is 7.15. The minimum absolute atomic E-state index is 0.0615. The topological polar surface area (TPSA) is 125 Å². The van der Waals surface area contributed by atoms with Gasteiger partial charge in [0.25, 0.3) is 0 Å². The molecule has 182 valence electrons. The minimum atomic E-state index is 0.0615. The molecule has 6 heterocycles. The normalized spacial score (nSPS) is 13.8. The van der Waals surface area contributed by atoms with Crippen LogP contribution in [0.1, 0.15) is 24.1 Å². The first-order valence-corrected chi connectivity index (χ1v) is 13.0. The van der Waals surface area contributed by atoms with Gasteiger partial charge in [0.2, 0.25) is 5.91 Å². The zero-order valence-electron chi connectivity index (χ0n) is 19.9. The molecule has 10 heteroatoms. The van der Waals surface area contributed by atoms with E-state index in [1.807, 2.05) is 18.2 Å². The van der Waals surface area contributed by atoms with Gasteiger partial charge in [0, 0.05) is 51.0 Å². The highest BCUT2D eigenvalue weighted by Gasteiger charge is 2.25. The quantitative estimate of drug-likeness (QED) is 0.274. The number of carbonyl (C=O) groups excluding carboxylic acids is 1. The zero-order valence-corrected chi connectivity index (χ0v) is 20.8. The fourth-order valence-electron chi connectivity index (χ4n) is 4.62. The van der Waals surface area contributed by atoms with Crippen molar-refractivity contribution in [1.82, 2.24) is 35.1 Å². The first-order chi connectivity index (χ1) is 18.1. The number of hydrogen-bond donors (Lipinski definition) is 3. The third-order valence-corrected chi connectivity index (χ3v) is 7.88. The van der Waals surface area contributed by atoms with Crippen molar-refractivity contribution in [2.24, 2.45) is 5.92 Å². The molecule has 0 saturated heterocycles. The van der Waals surface area contributed by atoms with E-state index in [0.717, 1.165) is 51.7 Å². The lowest BCUT2D eigenvalue weighted by molar-refractivity contribution is -0.122. The Bertz CT molecular complexity index is 1790. The summed E-state index contributed by atoms with van der Waals surface area (Å²) in [5.41, 5.74) is 6.28. The Labute approximate surface area is 215 Å². The van der Waals surface area contributed by atoms with Gasteiger partial charge in [-0.05, 0) is 50.1 Å². The van der Waals surface area contributed by atoms with Gasteiger partial charge in [-0.1, -0.05) is 6.42 Å². The van der Waals surface area contributed by atoms with Crippen molar-refractivity contribution in [3.05, 3.63) is 60.0 Å². The Hall–Kier alpha value is -4.44. The number of carbonyl (C=O) groups is 1. The number of anilines is 1. The summed E-state index contributed by atoms with van der Waals surface area (Å²) in [7, 11) is 0. The van der Waals surface area contributed by atoms with Gasteiger partial charge < -0.3 is 10.3 Å². The van der Waals surface area contributed by atoms with Gasteiger partial charge in [-0.3, -0.25) is 14.9 Å². The van der Waals surface area contributed by atoms with Crippen LogP contribution in [0.3, 0.4) is 0 Å². The summed E-state index contributed by atoms with van der Waals surface area (Å²) < 4.78 is 0. The minimum Gasteiger partial charge on any atom is -0.324 e. The molecule has 0 atom stereocenters. The number of amides is 1. The second kappa shape index (κ2) is 8.59. The van der Waals surface area contributed by atoms with Gasteiger partial charge in [-0.15, -0.1) is 11.3 Å². The van der Waals surface area contributed by atoms with Gasteiger partial charge in [0.1, 0.15) is 11.2 Å². The predicted molar refractivity (Wildman–Crippen MR) is 144 cm³/mol. The molecule has 0 bridgehead atoms. The van der Waals surface area contributed by atoms with Crippen LogP contribution in [0.15, 0.2) is 55.1 Å². The maximum absolute atomic E-state index is 12.4. The Morgan fingerprint density at radius 3 is 2.76 bits per heavy atom. The number of fused-ring (bicyclic) bond motifs is 2. The van der Waals surface area contributed by atoms with E-state index in [4.69, 9.17) is 4.98 Å². The summed E-state index contributed by atoms with van der Waals surface area (Å²) in [5, 5.41) is 11.4. The fraction of sp³-hybridized carbons (Fsp3) is 0.185. The van der Waals surface area contributed by atoms with Crippen molar-refractivity contribution < 1.29 is 4.79 Å². The number of hydrogen-bond acceptors (Lipinski definition) is 7. The van der Waals surface area contributed by atoms with Crippen LogP contribution in [-0.2, 0) is 4.79 Å². The lowest BCUT2D eigenvalue weighted by atomic mass is 9.85. The molecule has 9 nitrogen and oxygen atoms in total. The molecule has 1 aliphatic rings. The molecule has 0 unspecified atom stereocenters. The SMILES string of the molecule is Cc1ccc(-c2ccnc3[nH]c(-c4n[nH]c5ncc(-c6cncc(NC(=O)C7CCC7)c6)cc45)nc23)s1. The van der Waals surface area contributed by atoms with Crippen molar-refractivity contribution in [2.45, 2.75) is 26.2 Å². The number of rotatable bonds is 5. The molecule has 1 fully saturated rings. The van der Waals surface area contributed by atoms with Crippen LogP contribution >= 0.6 is 11.3 Å². The van der Waals surface area contributed by atoms with Crippen LogP contribution in [0.2, 0.25) is 0 Å². The molecule has 0 aliphatic heterocycles. The van der Waals surface area contributed by atoms with Crippen molar-refractivity contribution in [2.75, 3.05) is 5.32 Å². The number of thiophene rings is 1. The molecular formula is C27H22N8OS. The Kier molecular flexibility index (Phi) is 5.07. The average molecular weight is 507 g/mol. The summed E-state index contributed by atoms with van der Waals surface area (Å²) in [6.07, 6.45) is 10.0. The first-order valence-electron chi connectivity index (χ1n) is 12.1. The molecule has 0 aromatic carbocycles. The van der Waals surface area contributed by atoms with Crippen LogP contribution in [0.4, 0.5) is 5.69 Å². The summed E-state index contributed by atoms with van der Waals surface area (Å²) in [6.45, 7) is 2.09. The van der Waals surface area contributed by atoms with Crippen molar-refractivity contribution >= 4 is 45.1 Å². The smallest absolute Gasteiger partial charge is 0.227 e. The maximum atomic E-state index is 12.4. The molecule has 0 radical (unpaired) electrons. The van der Waals surface area contributed by atoms with E-state index in [1.54, 1.807) is 36.1 Å². The van der Waals surface area contributed by atoms with Gasteiger partial charge in [-0.2, -0.15) is 5.10 Å². The first kappa shape index (κ1) is 21.8. The number of nitrogens with one attached hydrogen (secondary N) is 3. The van der Waals surface area contributed by atoms with E-state index < -0.39 is 0 Å². The molecule has 7 rings (SSSR count). The molecular weight excluding hydrogens is 484 g/mol. The Morgan fingerprint density at radius 1 is 1.05 bits per heavy atom. The number of nitrogens with zero attached hydrogens (tertiary/aromatic N) is 5. The lowest BCUT2D eigenvalue weighted by Crippen LogP contribution is -2.28. The zero-order chi connectivity index (χ0) is 24.9. The van der Waals surface area contributed by atoms with Gasteiger partial charge in [-0.25, -0.2) is 15.0 Å². The monoisotopic (exact) mass is 506 g/mol. The predicted octanol–water partition coefficient (Wildman–Crippen LogP) is 5.73. The Balaban J connectivity index is 1.26. The molecule has 0 spiro atoms. The van der Waals surface area contributed by atoms with E-state index in [-0.39, 0.29) is 11.8 Å². The molecule has 1 aliphatic carbocycles. The number of H-pyrrole nitrogens is 2. The van der Waals surface area contributed by atoms with Crippen molar-refractivity contribution in [1.29, 1.82) is 0 Å². The maximum Gasteiger partial charge on any atom is 0.227 e. The standard InChI is InChI=1S/C27H22N8OS/c1-14-5-6-21(37-14)19-7-8-29-25-22(19)32-26(33-25)23-20-10-17(12-30-24(20)35-34-23)16-9-18(13-28-11-16)31-27(36)15-3-2-4-15/h5-13,15H,2-4H2,1H3,(H,31,36)(H,29,32,33)(H,30,34,35). The van der Waals surface area contributed by atoms with Crippen LogP contribution < -0.4 is 5.32 Å². The van der Waals surface area contributed by atoms with Crippen LogP contribution in [0.5, 0.6) is 0 Å². The average Bonchev–Trinajstić information content (AvgIpc) is 3.60. The van der Waals surface area contributed by atoms with E-state index in [0.29, 0.717) is 28.5 Å². The van der Waals surface area contributed by atoms with E-state index in [2.05, 4.69) is 54.5 Å². The summed E-state index contributed by atoms with van der Waals surface area (Å²) >= 11 is 1.73. The molecule has 6 aromatic rings. The largest absolute Gasteiger partial charge is 0.324 e. The second-order valence-corrected chi connectivity index (χ2v) is 10.6. The van der Waals surface area contributed by atoms with Crippen LogP contribution in [-0.4, -0.2) is 41.0 Å². The number of aromatic amines is 2. The molecule has 1 saturated carbocycles. The third kappa shape index (κ3) is 3.86. The van der Waals surface area contributed by atoms with E-state index in [9.17, 15) is 4.79 Å². The highest BCUT2D eigenvalue weighted by atomic mass is 32.1. The number of pyridine rings is 3. The Morgan fingerprint density at radius 2 is 1.95 bits per heavy atom.